The van der Waals surface area contributed by atoms with Crippen molar-refractivity contribution >= 4 is 32.5 Å². The maximum absolute atomic E-state index is 4.50. The Labute approximate surface area is 155 Å². The van der Waals surface area contributed by atoms with Crippen molar-refractivity contribution in [2.45, 2.75) is 37.6 Å². The molecule has 2 aromatic heterocycles. The molecule has 2 aliphatic rings. The summed E-state index contributed by atoms with van der Waals surface area (Å²) >= 11 is 3.59. The van der Waals surface area contributed by atoms with Crippen molar-refractivity contribution in [3.63, 3.8) is 0 Å². The Balaban J connectivity index is 1.38. The van der Waals surface area contributed by atoms with Crippen molar-refractivity contribution in [2.75, 3.05) is 18.0 Å². The van der Waals surface area contributed by atoms with Crippen LogP contribution in [0.5, 0.6) is 0 Å². The maximum atomic E-state index is 4.50. The average molecular weight is 398 g/mol. The Morgan fingerprint density at radius 1 is 1.04 bits per heavy atom. The van der Waals surface area contributed by atoms with Gasteiger partial charge in [0, 0.05) is 46.8 Å². The van der Waals surface area contributed by atoms with E-state index in [1.165, 1.54) is 29.7 Å². The van der Waals surface area contributed by atoms with E-state index < -0.39 is 0 Å². The van der Waals surface area contributed by atoms with Crippen LogP contribution in [0.1, 0.15) is 43.5 Å². The van der Waals surface area contributed by atoms with Gasteiger partial charge in [-0.25, -0.2) is 0 Å². The van der Waals surface area contributed by atoms with Gasteiger partial charge in [-0.2, -0.15) is 0 Å². The number of benzene rings is 1. The Morgan fingerprint density at radius 2 is 1.88 bits per heavy atom. The smallest absolute Gasteiger partial charge is 0.136 e. The van der Waals surface area contributed by atoms with Crippen molar-refractivity contribution in [2.24, 2.45) is 0 Å². The molecule has 1 aliphatic carbocycles. The highest BCUT2D eigenvalue weighted by molar-refractivity contribution is 9.10. The van der Waals surface area contributed by atoms with Gasteiger partial charge < -0.3 is 9.47 Å². The van der Waals surface area contributed by atoms with Crippen molar-refractivity contribution in [1.82, 2.24) is 19.7 Å². The molecule has 0 atom stereocenters. The number of halogens is 1. The number of anilines is 1. The van der Waals surface area contributed by atoms with Gasteiger partial charge in [0.15, 0.2) is 0 Å². The zero-order chi connectivity index (χ0) is 16.8. The lowest BCUT2D eigenvalue weighted by molar-refractivity contribution is 0.466. The van der Waals surface area contributed by atoms with Crippen molar-refractivity contribution in [3.05, 3.63) is 47.1 Å². The summed E-state index contributed by atoms with van der Waals surface area (Å²) in [6.07, 6.45) is 8.66. The SMILES string of the molecule is Brc1ccc2nccc(N3CCC(c4nncn4C4CC4)CC3)c2c1. The average Bonchev–Trinajstić information content (AvgIpc) is 3.38. The lowest BCUT2D eigenvalue weighted by Crippen LogP contribution is -2.33. The lowest BCUT2D eigenvalue weighted by Gasteiger charge is -2.34. The third kappa shape index (κ3) is 2.82. The van der Waals surface area contributed by atoms with E-state index in [0.29, 0.717) is 12.0 Å². The van der Waals surface area contributed by atoms with Gasteiger partial charge in [-0.1, -0.05) is 15.9 Å². The minimum absolute atomic E-state index is 0.527. The molecule has 0 amide bonds. The quantitative estimate of drug-likeness (QED) is 0.660. The van der Waals surface area contributed by atoms with Crippen LogP contribution in [-0.4, -0.2) is 32.8 Å². The van der Waals surface area contributed by atoms with Crippen LogP contribution in [0.2, 0.25) is 0 Å². The predicted molar refractivity (Wildman–Crippen MR) is 102 cm³/mol. The Morgan fingerprint density at radius 3 is 2.68 bits per heavy atom. The molecule has 25 heavy (non-hydrogen) atoms. The fourth-order valence-electron chi connectivity index (χ4n) is 3.94. The van der Waals surface area contributed by atoms with E-state index in [0.717, 1.165) is 35.9 Å². The van der Waals surface area contributed by atoms with E-state index in [2.05, 4.69) is 64.8 Å². The molecule has 0 N–H and O–H groups in total. The van der Waals surface area contributed by atoms with Gasteiger partial charge in [-0.3, -0.25) is 4.98 Å². The first-order chi connectivity index (χ1) is 12.3. The standard InChI is InChI=1S/C19H20BrN5/c20-14-1-4-17-16(11-14)18(5-8-21-17)24-9-6-13(7-10-24)19-23-22-12-25(19)15-2-3-15/h1,4-5,8,11-13,15H,2-3,6-7,9-10H2. The van der Waals surface area contributed by atoms with Crippen LogP contribution in [-0.2, 0) is 0 Å². The molecule has 1 aromatic carbocycles. The number of hydrogen-bond donors (Lipinski definition) is 0. The topological polar surface area (TPSA) is 46.8 Å². The minimum Gasteiger partial charge on any atom is -0.371 e. The van der Waals surface area contributed by atoms with Crippen LogP contribution in [0.15, 0.2) is 41.3 Å². The van der Waals surface area contributed by atoms with Gasteiger partial charge in [0.1, 0.15) is 12.2 Å². The van der Waals surface area contributed by atoms with Crippen LogP contribution in [0.25, 0.3) is 10.9 Å². The van der Waals surface area contributed by atoms with Crippen LogP contribution >= 0.6 is 15.9 Å². The number of hydrogen-bond acceptors (Lipinski definition) is 4. The zero-order valence-corrected chi connectivity index (χ0v) is 15.6. The van der Waals surface area contributed by atoms with Crippen LogP contribution in [0, 0.1) is 0 Å². The molecule has 5 rings (SSSR count). The van der Waals surface area contributed by atoms with Gasteiger partial charge in [0.25, 0.3) is 0 Å². The highest BCUT2D eigenvalue weighted by Gasteiger charge is 2.31. The van der Waals surface area contributed by atoms with Gasteiger partial charge in [0.05, 0.1) is 5.52 Å². The normalized spacial score (nSPS) is 18.8. The molecule has 1 saturated carbocycles. The summed E-state index contributed by atoms with van der Waals surface area (Å²) in [6, 6.07) is 9.10. The molecule has 6 heteroatoms. The zero-order valence-electron chi connectivity index (χ0n) is 14.0. The van der Waals surface area contributed by atoms with Crippen LogP contribution in [0.4, 0.5) is 5.69 Å². The molecule has 2 fully saturated rings. The Kier molecular flexibility index (Phi) is 3.73. The summed E-state index contributed by atoms with van der Waals surface area (Å²) in [4.78, 5) is 6.99. The molecule has 128 valence electrons. The molecule has 5 nitrogen and oxygen atoms in total. The fraction of sp³-hybridized carbons (Fsp3) is 0.421. The van der Waals surface area contributed by atoms with E-state index in [1.54, 1.807) is 0 Å². The highest BCUT2D eigenvalue weighted by atomic mass is 79.9. The summed E-state index contributed by atoms with van der Waals surface area (Å²) < 4.78 is 3.42. The number of nitrogens with zero attached hydrogens (tertiary/aromatic N) is 5. The third-order valence-electron chi connectivity index (χ3n) is 5.42. The number of piperidine rings is 1. The fourth-order valence-corrected chi connectivity index (χ4v) is 4.30. The second kappa shape index (κ2) is 6.09. The van der Waals surface area contributed by atoms with Crippen molar-refractivity contribution in [1.29, 1.82) is 0 Å². The molecule has 1 aliphatic heterocycles. The summed E-state index contributed by atoms with van der Waals surface area (Å²) in [7, 11) is 0. The molecule has 3 aromatic rings. The maximum Gasteiger partial charge on any atom is 0.136 e. The van der Waals surface area contributed by atoms with Gasteiger partial charge >= 0.3 is 0 Å². The largest absolute Gasteiger partial charge is 0.371 e. The summed E-state index contributed by atoms with van der Waals surface area (Å²) in [6.45, 7) is 2.10. The van der Waals surface area contributed by atoms with Gasteiger partial charge in [-0.05, 0) is 49.9 Å². The number of aromatic nitrogens is 4. The first-order valence-electron chi connectivity index (χ1n) is 8.98. The summed E-state index contributed by atoms with van der Waals surface area (Å²) in [5.74, 6) is 1.73. The lowest BCUT2D eigenvalue weighted by atomic mass is 9.95. The first-order valence-corrected chi connectivity index (χ1v) is 9.77. The number of pyridine rings is 1. The van der Waals surface area contributed by atoms with Gasteiger partial charge in [-0.15, -0.1) is 10.2 Å². The molecular formula is C19H20BrN5. The molecule has 3 heterocycles. The van der Waals surface area contributed by atoms with E-state index >= 15 is 0 Å². The molecule has 0 bridgehead atoms. The Bertz CT molecular complexity index is 909. The summed E-state index contributed by atoms with van der Waals surface area (Å²) in [5.41, 5.74) is 2.34. The molecule has 0 radical (unpaired) electrons. The monoisotopic (exact) mass is 397 g/mol. The first kappa shape index (κ1) is 15.3. The van der Waals surface area contributed by atoms with Gasteiger partial charge in [0.2, 0.25) is 0 Å². The van der Waals surface area contributed by atoms with E-state index in [4.69, 9.17) is 0 Å². The number of rotatable bonds is 3. The second-order valence-electron chi connectivity index (χ2n) is 7.08. The van der Waals surface area contributed by atoms with E-state index in [-0.39, 0.29) is 0 Å². The second-order valence-corrected chi connectivity index (χ2v) is 8.00. The Hall–Kier alpha value is -1.95. The van der Waals surface area contributed by atoms with E-state index in [1.807, 2.05) is 12.5 Å². The highest BCUT2D eigenvalue weighted by Crippen LogP contribution is 2.39. The molecule has 0 unspecified atom stereocenters. The van der Waals surface area contributed by atoms with Crippen molar-refractivity contribution in [3.8, 4) is 0 Å². The number of fused-ring (bicyclic) bond motifs is 1. The van der Waals surface area contributed by atoms with Crippen LogP contribution < -0.4 is 4.90 Å². The minimum atomic E-state index is 0.527. The molecule has 0 spiro atoms. The van der Waals surface area contributed by atoms with E-state index in [9.17, 15) is 0 Å². The van der Waals surface area contributed by atoms with Crippen molar-refractivity contribution < 1.29 is 0 Å². The summed E-state index contributed by atoms with van der Waals surface area (Å²) in [5, 5.41) is 9.83. The predicted octanol–water partition coefficient (Wildman–Crippen LogP) is 4.31. The molecular weight excluding hydrogens is 378 g/mol. The molecule has 1 saturated heterocycles. The third-order valence-corrected chi connectivity index (χ3v) is 5.92. The van der Waals surface area contributed by atoms with Crippen LogP contribution in [0.3, 0.4) is 0 Å².